The van der Waals surface area contributed by atoms with Crippen LogP contribution < -0.4 is 0 Å². The Labute approximate surface area is 112 Å². The molecule has 0 aliphatic heterocycles. The SMILES string of the molecule is O=C(c1n[nH]c2ccccc12)N(CCO)CC(F)(F)F. The fourth-order valence-corrected chi connectivity index (χ4v) is 1.87. The Bertz CT molecular complexity index is 609. The van der Waals surface area contributed by atoms with E-state index in [-0.39, 0.29) is 5.69 Å². The fraction of sp³-hybridized carbons (Fsp3) is 0.333. The van der Waals surface area contributed by atoms with E-state index in [9.17, 15) is 18.0 Å². The van der Waals surface area contributed by atoms with Gasteiger partial charge in [0.05, 0.1) is 12.1 Å². The molecule has 1 heterocycles. The lowest BCUT2D eigenvalue weighted by molar-refractivity contribution is -0.141. The molecule has 0 aliphatic carbocycles. The van der Waals surface area contributed by atoms with Crippen LogP contribution >= 0.6 is 0 Å². The number of halogens is 3. The number of aromatic nitrogens is 2. The lowest BCUT2D eigenvalue weighted by Crippen LogP contribution is -2.40. The topological polar surface area (TPSA) is 69.2 Å². The number of H-pyrrole nitrogens is 1. The monoisotopic (exact) mass is 287 g/mol. The van der Waals surface area contributed by atoms with Gasteiger partial charge in [0.25, 0.3) is 5.91 Å². The van der Waals surface area contributed by atoms with Crippen LogP contribution in [-0.2, 0) is 0 Å². The number of rotatable bonds is 4. The van der Waals surface area contributed by atoms with Crippen molar-refractivity contribution >= 4 is 16.8 Å². The zero-order chi connectivity index (χ0) is 14.8. The van der Waals surface area contributed by atoms with Gasteiger partial charge in [-0.2, -0.15) is 18.3 Å². The molecule has 5 nitrogen and oxygen atoms in total. The van der Waals surface area contributed by atoms with E-state index >= 15 is 0 Å². The lowest BCUT2D eigenvalue weighted by Gasteiger charge is -2.22. The molecule has 2 aromatic rings. The van der Waals surface area contributed by atoms with Crippen molar-refractivity contribution in [3.8, 4) is 0 Å². The van der Waals surface area contributed by atoms with Crippen LogP contribution in [0.25, 0.3) is 10.9 Å². The Balaban J connectivity index is 2.31. The molecule has 0 radical (unpaired) electrons. The van der Waals surface area contributed by atoms with Gasteiger partial charge in [0.2, 0.25) is 0 Å². The van der Waals surface area contributed by atoms with E-state index in [4.69, 9.17) is 5.11 Å². The molecule has 0 unspecified atom stereocenters. The number of amides is 1. The minimum atomic E-state index is -4.53. The molecule has 20 heavy (non-hydrogen) atoms. The molecule has 1 aromatic heterocycles. The molecule has 0 bridgehead atoms. The number of carbonyl (C=O) groups is 1. The molecule has 1 aromatic carbocycles. The lowest BCUT2D eigenvalue weighted by atomic mass is 10.2. The van der Waals surface area contributed by atoms with Crippen LogP contribution in [0.5, 0.6) is 0 Å². The van der Waals surface area contributed by atoms with Crippen molar-refractivity contribution in [2.24, 2.45) is 0 Å². The Morgan fingerprint density at radius 2 is 2.05 bits per heavy atom. The standard InChI is InChI=1S/C12H12F3N3O2/c13-12(14,15)7-18(5-6-19)11(20)10-8-3-1-2-4-9(8)16-17-10/h1-4,19H,5-7H2,(H,16,17). The van der Waals surface area contributed by atoms with Gasteiger partial charge in [0.15, 0.2) is 5.69 Å². The van der Waals surface area contributed by atoms with E-state index < -0.39 is 31.8 Å². The number of aliphatic hydroxyl groups is 1. The van der Waals surface area contributed by atoms with Crippen LogP contribution in [0.4, 0.5) is 13.2 Å². The summed E-state index contributed by atoms with van der Waals surface area (Å²) in [6.07, 6.45) is -4.53. The number of aliphatic hydroxyl groups excluding tert-OH is 1. The van der Waals surface area contributed by atoms with E-state index in [1.54, 1.807) is 24.3 Å². The molecular formula is C12H12F3N3O2. The summed E-state index contributed by atoms with van der Waals surface area (Å²) in [5.41, 5.74) is 0.477. The highest BCUT2D eigenvalue weighted by Gasteiger charge is 2.34. The summed E-state index contributed by atoms with van der Waals surface area (Å²) in [5, 5.41) is 15.6. The number of fused-ring (bicyclic) bond motifs is 1. The third-order valence-electron chi connectivity index (χ3n) is 2.70. The first-order valence-corrected chi connectivity index (χ1v) is 5.82. The Morgan fingerprint density at radius 3 is 2.70 bits per heavy atom. The van der Waals surface area contributed by atoms with Crippen molar-refractivity contribution in [1.29, 1.82) is 0 Å². The van der Waals surface area contributed by atoms with Gasteiger partial charge in [-0.25, -0.2) is 0 Å². The number of carbonyl (C=O) groups excluding carboxylic acids is 1. The quantitative estimate of drug-likeness (QED) is 0.896. The van der Waals surface area contributed by atoms with Crippen molar-refractivity contribution in [1.82, 2.24) is 15.1 Å². The summed E-state index contributed by atoms with van der Waals surface area (Å²) < 4.78 is 37.3. The van der Waals surface area contributed by atoms with Crippen molar-refractivity contribution in [2.75, 3.05) is 19.7 Å². The molecule has 0 fully saturated rings. The fourth-order valence-electron chi connectivity index (χ4n) is 1.87. The predicted octanol–water partition coefficient (Wildman–Crippen LogP) is 1.56. The van der Waals surface area contributed by atoms with Gasteiger partial charge in [0, 0.05) is 11.9 Å². The number of nitrogens with zero attached hydrogens (tertiary/aromatic N) is 2. The van der Waals surface area contributed by atoms with Gasteiger partial charge in [-0.3, -0.25) is 9.89 Å². The van der Waals surface area contributed by atoms with E-state index in [1.807, 2.05) is 0 Å². The molecule has 0 atom stereocenters. The second-order valence-electron chi connectivity index (χ2n) is 4.18. The van der Waals surface area contributed by atoms with Gasteiger partial charge in [-0.1, -0.05) is 18.2 Å². The van der Waals surface area contributed by atoms with Gasteiger partial charge in [-0.15, -0.1) is 0 Å². The van der Waals surface area contributed by atoms with Gasteiger partial charge in [-0.05, 0) is 6.07 Å². The molecule has 0 spiro atoms. The van der Waals surface area contributed by atoms with E-state index in [0.29, 0.717) is 15.8 Å². The van der Waals surface area contributed by atoms with Gasteiger partial charge in [0.1, 0.15) is 6.54 Å². The van der Waals surface area contributed by atoms with Crippen molar-refractivity contribution in [2.45, 2.75) is 6.18 Å². The minimum absolute atomic E-state index is 0.0849. The largest absolute Gasteiger partial charge is 0.406 e. The second-order valence-corrected chi connectivity index (χ2v) is 4.18. The van der Waals surface area contributed by atoms with E-state index in [1.165, 1.54) is 0 Å². The van der Waals surface area contributed by atoms with Crippen LogP contribution in [0.3, 0.4) is 0 Å². The van der Waals surface area contributed by atoms with Crippen molar-refractivity contribution in [3.63, 3.8) is 0 Å². The number of para-hydroxylation sites is 1. The molecule has 0 aliphatic rings. The van der Waals surface area contributed by atoms with Crippen molar-refractivity contribution in [3.05, 3.63) is 30.0 Å². The maximum atomic E-state index is 12.4. The van der Waals surface area contributed by atoms with Crippen molar-refractivity contribution < 1.29 is 23.1 Å². The number of nitrogens with one attached hydrogen (secondary N) is 1. The normalized spacial score (nSPS) is 11.8. The summed E-state index contributed by atoms with van der Waals surface area (Å²) in [7, 11) is 0. The number of hydrogen-bond donors (Lipinski definition) is 2. The molecule has 108 valence electrons. The van der Waals surface area contributed by atoms with Crippen LogP contribution in [0, 0.1) is 0 Å². The number of benzene rings is 1. The predicted molar refractivity (Wildman–Crippen MR) is 65.1 cm³/mol. The molecular weight excluding hydrogens is 275 g/mol. The minimum Gasteiger partial charge on any atom is -0.395 e. The molecule has 8 heteroatoms. The summed E-state index contributed by atoms with van der Waals surface area (Å²) >= 11 is 0. The smallest absolute Gasteiger partial charge is 0.395 e. The molecule has 2 rings (SSSR count). The summed E-state index contributed by atoms with van der Waals surface area (Å²) in [4.78, 5) is 12.7. The van der Waals surface area contributed by atoms with Crippen LogP contribution in [-0.4, -0.2) is 52.0 Å². The highest BCUT2D eigenvalue weighted by atomic mass is 19.4. The maximum Gasteiger partial charge on any atom is 0.406 e. The van der Waals surface area contributed by atoms with Gasteiger partial charge < -0.3 is 10.0 Å². The zero-order valence-corrected chi connectivity index (χ0v) is 10.3. The maximum absolute atomic E-state index is 12.4. The van der Waals surface area contributed by atoms with Gasteiger partial charge >= 0.3 is 6.18 Å². The first kappa shape index (κ1) is 14.3. The van der Waals surface area contributed by atoms with Crippen LogP contribution in [0.1, 0.15) is 10.5 Å². The second kappa shape index (κ2) is 5.49. The molecule has 2 N–H and O–H groups in total. The highest BCUT2D eigenvalue weighted by molar-refractivity contribution is 6.04. The summed E-state index contributed by atoms with van der Waals surface area (Å²) in [6.45, 7) is -2.38. The number of alkyl halides is 3. The third kappa shape index (κ3) is 3.08. The first-order chi connectivity index (χ1) is 9.42. The number of aromatic amines is 1. The molecule has 0 saturated heterocycles. The molecule has 0 saturated carbocycles. The Morgan fingerprint density at radius 1 is 1.35 bits per heavy atom. The third-order valence-corrected chi connectivity index (χ3v) is 2.70. The Kier molecular flexibility index (Phi) is 3.93. The highest BCUT2D eigenvalue weighted by Crippen LogP contribution is 2.20. The first-order valence-electron chi connectivity index (χ1n) is 5.82. The number of hydrogen-bond acceptors (Lipinski definition) is 3. The molecule has 1 amide bonds. The van der Waals surface area contributed by atoms with E-state index in [0.717, 1.165) is 0 Å². The average molecular weight is 287 g/mol. The average Bonchev–Trinajstić information content (AvgIpc) is 2.79. The zero-order valence-electron chi connectivity index (χ0n) is 10.3. The van der Waals surface area contributed by atoms with Crippen LogP contribution in [0.15, 0.2) is 24.3 Å². The summed E-state index contributed by atoms with van der Waals surface area (Å²) in [6, 6.07) is 6.64. The van der Waals surface area contributed by atoms with Crippen LogP contribution in [0.2, 0.25) is 0 Å². The summed E-state index contributed by atoms with van der Waals surface area (Å²) in [5.74, 6) is -0.867. The Hall–Kier alpha value is -2.09. The van der Waals surface area contributed by atoms with E-state index in [2.05, 4.69) is 10.2 Å².